The summed E-state index contributed by atoms with van der Waals surface area (Å²) in [5.74, 6) is 0. The molecule has 2 rings (SSSR count). The first-order valence-electron chi connectivity index (χ1n) is 5.17. The highest BCUT2D eigenvalue weighted by Gasteiger charge is 1.89. The van der Waals surface area contributed by atoms with Crippen LogP contribution in [0.25, 0.3) is 12.2 Å². The number of rotatable bonds is 2. The molecule has 0 unspecified atom stereocenters. The van der Waals surface area contributed by atoms with Gasteiger partial charge < -0.3 is 4.98 Å². The van der Waals surface area contributed by atoms with Crippen molar-refractivity contribution in [3.63, 3.8) is 0 Å². The maximum absolute atomic E-state index is 11.1. The topological polar surface area (TPSA) is 32.9 Å². The number of aromatic amines is 1. The quantitative estimate of drug-likeness (QED) is 0.814. The van der Waals surface area contributed by atoms with Gasteiger partial charge in [-0.25, -0.2) is 0 Å². The Morgan fingerprint density at radius 1 is 1.06 bits per heavy atom. The molecule has 80 valence electrons. The molecular formula is C14H13NO. The molecule has 0 aliphatic carbocycles. The second-order valence-corrected chi connectivity index (χ2v) is 3.73. The largest absolute Gasteiger partial charge is 0.329 e. The van der Waals surface area contributed by atoms with Crippen LogP contribution in [-0.4, -0.2) is 4.98 Å². The van der Waals surface area contributed by atoms with E-state index in [-0.39, 0.29) is 5.56 Å². The predicted octanol–water partition coefficient (Wildman–Crippen LogP) is 2.85. The summed E-state index contributed by atoms with van der Waals surface area (Å²) in [4.78, 5) is 13.7. The average molecular weight is 211 g/mol. The summed E-state index contributed by atoms with van der Waals surface area (Å²) in [6, 6.07) is 11.7. The third-order valence-corrected chi connectivity index (χ3v) is 2.31. The van der Waals surface area contributed by atoms with Gasteiger partial charge in [-0.3, -0.25) is 4.79 Å². The first-order chi connectivity index (χ1) is 7.74. The lowest BCUT2D eigenvalue weighted by Crippen LogP contribution is -2.01. The molecule has 2 aromatic rings. The van der Waals surface area contributed by atoms with Crippen LogP contribution in [0.15, 0.2) is 47.4 Å². The lowest BCUT2D eigenvalue weighted by Gasteiger charge is -1.95. The fraction of sp³-hybridized carbons (Fsp3) is 0.0714. The third-order valence-electron chi connectivity index (χ3n) is 2.31. The van der Waals surface area contributed by atoms with Gasteiger partial charge >= 0.3 is 0 Å². The van der Waals surface area contributed by atoms with Crippen molar-refractivity contribution in [3.05, 3.63) is 69.6 Å². The Morgan fingerprint density at radius 2 is 1.81 bits per heavy atom. The number of aromatic nitrogens is 1. The zero-order valence-electron chi connectivity index (χ0n) is 9.10. The van der Waals surface area contributed by atoms with Crippen LogP contribution in [-0.2, 0) is 0 Å². The van der Waals surface area contributed by atoms with Gasteiger partial charge in [-0.1, -0.05) is 42.0 Å². The van der Waals surface area contributed by atoms with Gasteiger partial charge in [0, 0.05) is 12.3 Å². The molecule has 1 aromatic heterocycles. The van der Waals surface area contributed by atoms with E-state index in [0.717, 1.165) is 11.1 Å². The van der Waals surface area contributed by atoms with E-state index in [1.54, 1.807) is 12.3 Å². The van der Waals surface area contributed by atoms with Gasteiger partial charge in [0.1, 0.15) is 0 Å². The van der Waals surface area contributed by atoms with E-state index in [4.69, 9.17) is 0 Å². The molecule has 1 N–H and O–H groups in total. The Balaban J connectivity index is 2.24. The summed E-state index contributed by atoms with van der Waals surface area (Å²) >= 11 is 0. The van der Waals surface area contributed by atoms with E-state index >= 15 is 0 Å². The Bertz CT molecular complexity index is 567. The molecule has 0 aliphatic rings. The van der Waals surface area contributed by atoms with Gasteiger partial charge in [-0.15, -0.1) is 0 Å². The number of pyridine rings is 1. The fourth-order valence-corrected chi connectivity index (χ4v) is 1.53. The Labute approximate surface area is 94.3 Å². The molecule has 0 bridgehead atoms. The van der Waals surface area contributed by atoms with Crippen LogP contribution in [0.1, 0.15) is 16.7 Å². The second-order valence-electron chi connectivity index (χ2n) is 3.73. The van der Waals surface area contributed by atoms with Crippen molar-refractivity contribution >= 4 is 12.2 Å². The van der Waals surface area contributed by atoms with Gasteiger partial charge in [0.15, 0.2) is 0 Å². The number of hydrogen-bond acceptors (Lipinski definition) is 1. The number of aryl methyl sites for hydroxylation is 1. The highest BCUT2D eigenvalue weighted by Crippen LogP contribution is 2.08. The molecule has 0 spiro atoms. The first kappa shape index (κ1) is 10.4. The van der Waals surface area contributed by atoms with Crippen LogP contribution < -0.4 is 5.56 Å². The van der Waals surface area contributed by atoms with E-state index in [1.165, 1.54) is 5.56 Å². The van der Waals surface area contributed by atoms with E-state index in [1.807, 2.05) is 30.4 Å². The SMILES string of the molecule is Cc1cccc(/C=C/c2cc[nH]c(=O)c2)c1. The fourth-order valence-electron chi connectivity index (χ4n) is 1.53. The smallest absolute Gasteiger partial charge is 0.248 e. The molecule has 0 amide bonds. The van der Waals surface area contributed by atoms with Crippen LogP contribution in [0.2, 0.25) is 0 Å². The lowest BCUT2D eigenvalue weighted by atomic mass is 10.1. The molecule has 0 saturated heterocycles. The molecule has 0 aliphatic heterocycles. The predicted molar refractivity (Wildman–Crippen MR) is 67.2 cm³/mol. The normalized spacial score (nSPS) is 10.8. The Hall–Kier alpha value is -2.09. The molecular weight excluding hydrogens is 198 g/mol. The number of H-pyrrole nitrogens is 1. The first-order valence-corrected chi connectivity index (χ1v) is 5.17. The maximum Gasteiger partial charge on any atom is 0.248 e. The highest BCUT2D eigenvalue weighted by atomic mass is 16.1. The van der Waals surface area contributed by atoms with E-state index in [9.17, 15) is 4.79 Å². The van der Waals surface area contributed by atoms with E-state index in [2.05, 4.69) is 24.0 Å². The van der Waals surface area contributed by atoms with E-state index < -0.39 is 0 Å². The summed E-state index contributed by atoms with van der Waals surface area (Å²) in [6.07, 6.45) is 5.59. The number of nitrogens with one attached hydrogen (secondary N) is 1. The van der Waals surface area contributed by atoms with Crippen molar-refractivity contribution in [2.75, 3.05) is 0 Å². The van der Waals surface area contributed by atoms with Crippen LogP contribution in [0.4, 0.5) is 0 Å². The summed E-state index contributed by atoms with van der Waals surface area (Å²) in [6.45, 7) is 2.06. The monoisotopic (exact) mass is 211 g/mol. The van der Waals surface area contributed by atoms with Gasteiger partial charge in [0.2, 0.25) is 5.56 Å². The van der Waals surface area contributed by atoms with E-state index in [0.29, 0.717) is 0 Å². The maximum atomic E-state index is 11.1. The number of benzene rings is 1. The molecule has 16 heavy (non-hydrogen) atoms. The molecule has 0 radical (unpaired) electrons. The molecule has 2 nitrogen and oxygen atoms in total. The minimum Gasteiger partial charge on any atom is -0.329 e. The van der Waals surface area contributed by atoms with Gasteiger partial charge in [0.25, 0.3) is 0 Å². The van der Waals surface area contributed by atoms with Crippen LogP contribution >= 0.6 is 0 Å². The summed E-state index contributed by atoms with van der Waals surface area (Å²) in [5.41, 5.74) is 3.20. The second kappa shape index (κ2) is 4.62. The van der Waals surface area contributed by atoms with Gasteiger partial charge in [-0.05, 0) is 24.1 Å². The number of hydrogen-bond donors (Lipinski definition) is 1. The zero-order chi connectivity index (χ0) is 11.4. The molecule has 2 heteroatoms. The molecule has 0 fully saturated rings. The van der Waals surface area contributed by atoms with Crippen molar-refractivity contribution in [2.45, 2.75) is 6.92 Å². The van der Waals surface area contributed by atoms with Crippen LogP contribution in [0.5, 0.6) is 0 Å². The van der Waals surface area contributed by atoms with Crippen molar-refractivity contribution in [3.8, 4) is 0 Å². The van der Waals surface area contributed by atoms with Gasteiger partial charge in [0.05, 0.1) is 0 Å². The van der Waals surface area contributed by atoms with Crippen molar-refractivity contribution in [1.82, 2.24) is 4.98 Å². The van der Waals surface area contributed by atoms with Crippen molar-refractivity contribution in [1.29, 1.82) is 0 Å². The molecule has 0 saturated carbocycles. The molecule has 0 atom stereocenters. The third kappa shape index (κ3) is 2.70. The Kier molecular flexibility index (Phi) is 3.01. The lowest BCUT2D eigenvalue weighted by molar-refractivity contribution is 1.23. The molecule has 1 heterocycles. The zero-order valence-corrected chi connectivity index (χ0v) is 9.10. The standard InChI is InChI=1S/C14H13NO/c1-11-3-2-4-12(9-11)5-6-13-7-8-15-14(16)10-13/h2-10H,1H3,(H,15,16)/b6-5+. The van der Waals surface area contributed by atoms with Crippen molar-refractivity contribution in [2.24, 2.45) is 0 Å². The summed E-state index contributed by atoms with van der Waals surface area (Å²) < 4.78 is 0. The molecule has 1 aromatic carbocycles. The summed E-state index contributed by atoms with van der Waals surface area (Å²) in [7, 11) is 0. The summed E-state index contributed by atoms with van der Waals surface area (Å²) in [5, 5.41) is 0. The van der Waals surface area contributed by atoms with Gasteiger partial charge in [-0.2, -0.15) is 0 Å². The van der Waals surface area contributed by atoms with Crippen LogP contribution in [0.3, 0.4) is 0 Å². The average Bonchev–Trinajstić information content (AvgIpc) is 2.27. The van der Waals surface area contributed by atoms with Crippen molar-refractivity contribution < 1.29 is 0 Å². The Morgan fingerprint density at radius 3 is 2.50 bits per heavy atom. The minimum atomic E-state index is -0.0774. The van der Waals surface area contributed by atoms with Crippen LogP contribution in [0, 0.1) is 6.92 Å². The minimum absolute atomic E-state index is 0.0774. The highest BCUT2D eigenvalue weighted by molar-refractivity contribution is 5.69.